The maximum atomic E-state index is 12.2. The second-order valence-corrected chi connectivity index (χ2v) is 4.35. The van der Waals surface area contributed by atoms with Gasteiger partial charge in [-0.25, -0.2) is 29.9 Å². The normalized spacial score (nSPS) is 11.1. The summed E-state index contributed by atoms with van der Waals surface area (Å²) < 4.78 is 0. The highest BCUT2D eigenvalue weighted by molar-refractivity contribution is 6.47. The number of ketones is 2. The van der Waals surface area contributed by atoms with Crippen LogP contribution >= 0.6 is 0 Å². The first-order valence-electron chi connectivity index (χ1n) is 6.13. The molecule has 106 valence electrons. The average molecular weight is 294 g/mol. The maximum Gasteiger partial charge on any atom is 0.272 e. The summed E-state index contributed by atoms with van der Waals surface area (Å²) in [6.45, 7) is 0. The number of Topliss-reactive ketones (excluding diaryl/α,β-unsaturated/α-hetero) is 2. The van der Waals surface area contributed by atoms with Gasteiger partial charge in [0.2, 0.25) is 0 Å². The van der Waals surface area contributed by atoms with E-state index in [-0.39, 0.29) is 11.6 Å². The van der Waals surface area contributed by atoms with Crippen molar-refractivity contribution in [3.63, 3.8) is 0 Å². The van der Waals surface area contributed by atoms with E-state index in [1.165, 1.54) is 25.0 Å². The fourth-order valence-corrected chi connectivity index (χ4v) is 1.95. The average Bonchev–Trinajstić information content (AvgIpc) is 3.16. The molecule has 0 saturated carbocycles. The van der Waals surface area contributed by atoms with Crippen molar-refractivity contribution in [1.29, 1.82) is 0 Å². The molecule has 0 aliphatic rings. The number of carbonyl (C=O) groups is 2. The minimum atomic E-state index is -0.829. The van der Waals surface area contributed by atoms with Gasteiger partial charge in [-0.15, -0.1) is 0 Å². The Morgan fingerprint density at radius 2 is 1.23 bits per heavy atom. The minimum Gasteiger partial charge on any atom is -0.332 e. The fraction of sp³-hybridized carbons (Fsp3) is 0. The van der Waals surface area contributed by atoms with E-state index in [4.69, 9.17) is 0 Å². The van der Waals surface area contributed by atoms with Crippen molar-refractivity contribution in [2.75, 3.05) is 0 Å². The molecule has 0 bridgehead atoms. The molecule has 0 fully saturated rings. The van der Waals surface area contributed by atoms with E-state index < -0.39 is 11.6 Å². The quantitative estimate of drug-likeness (QED) is 0.399. The van der Waals surface area contributed by atoms with Gasteiger partial charge in [0.1, 0.15) is 23.7 Å². The Kier molecular flexibility index (Phi) is 2.48. The molecule has 0 aliphatic heterocycles. The molecular formula is C12H6N8O2. The van der Waals surface area contributed by atoms with Gasteiger partial charge in [-0.1, -0.05) is 0 Å². The van der Waals surface area contributed by atoms with Gasteiger partial charge in [0, 0.05) is 0 Å². The van der Waals surface area contributed by atoms with Crippen LogP contribution in [-0.2, 0) is 0 Å². The van der Waals surface area contributed by atoms with Crippen LogP contribution in [0.25, 0.3) is 22.3 Å². The molecule has 4 aromatic heterocycles. The lowest BCUT2D eigenvalue weighted by Crippen LogP contribution is -2.17. The standard InChI is InChI=1S/C12H6N8O2/c21-7(11-17-5-1-13-3-15-9(5)19-11)8(22)12-18-6-2-14-4-16-10(6)20-12/h1-4H,(H,13,15,17,19)(H,14,16,18,20). The third-order valence-corrected chi connectivity index (χ3v) is 2.96. The lowest BCUT2D eigenvalue weighted by atomic mass is 10.2. The molecule has 0 unspecified atom stereocenters. The summed E-state index contributed by atoms with van der Waals surface area (Å²) in [4.78, 5) is 53.1. The van der Waals surface area contributed by atoms with Crippen molar-refractivity contribution in [2.24, 2.45) is 0 Å². The van der Waals surface area contributed by atoms with Gasteiger partial charge in [-0.2, -0.15) is 0 Å². The number of aromatic amines is 2. The van der Waals surface area contributed by atoms with Crippen LogP contribution in [0, 0.1) is 0 Å². The molecule has 0 amide bonds. The Morgan fingerprint density at radius 3 is 1.64 bits per heavy atom. The fourth-order valence-electron chi connectivity index (χ4n) is 1.95. The Hall–Kier alpha value is -3.56. The molecule has 10 heteroatoms. The summed E-state index contributed by atoms with van der Waals surface area (Å²) in [5, 5.41) is 0. The van der Waals surface area contributed by atoms with E-state index in [1.54, 1.807) is 0 Å². The van der Waals surface area contributed by atoms with Crippen molar-refractivity contribution in [3.8, 4) is 0 Å². The van der Waals surface area contributed by atoms with E-state index in [1.807, 2.05) is 0 Å². The van der Waals surface area contributed by atoms with E-state index in [9.17, 15) is 9.59 Å². The molecule has 0 saturated heterocycles. The van der Waals surface area contributed by atoms with Crippen LogP contribution in [0.1, 0.15) is 21.2 Å². The smallest absolute Gasteiger partial charge is 0.272 e. The summed E-state index contributed by atoms with van der Waals surface area (Å²) in [6, 6.07) is 0. The van der Waals surface area contributed by atoms with E-state index in [2.05, 4.69) is 39.9 Å². The second kappa shape index (κ2) is 4.48. The predicted octanol–water partition coefficient (Wildman–Crippen LogP) is 0.0848. The number of nitrogens with zero attached hydrogens (tertiary/aromatic N) is 6. The summed E-state index contributed by atoms with van der Waals surface area (Å²) in [5.41, 5.74) is 1.55. The molecule has 4 aromatic rings. The largest absolute Gasteiger partial charge is 0.332 e. The van der Waals surface area contributed by atoms with E-state index >= 15 is 0 Å². The Morgan fingerprint density at radius 1 is 0.773 bits per heavy atom. The highest BCUT2D eigenvalue weighted by Crippen LogP contribution is 2.11. The topological polar surface area (TPSA) is 143 Å². The summed E-state index contributed by atoms with van der Waals surface area (Å²) in [5.74, 6) is -1.89. The first kappa shape index (κ1) is 12.2. The van der Waals surface area contributed by atoms with Gasteiger partial charge in [-0.3, -0.25) is 9.59 Å². The predicted molar refractivity (Wildman–Crippen MR) is 72.0 cm³/mol. The van der Waals surface area contributed by atoms with Crippen molar-refractivity contribution >= 4 is 33.9 Å². The van der Waals surface area contributed by atoms with Gasteiger partial charge >= 0.3 is 0 Å². The van der Waals surface area contributed by atoms with Crippen molar-refractivity contribution < 1.29 is 9.59 Å². The number of aromatic nitrogens is 8. The van der Waals surface area contributed by atoms with Crippen molar-refractivity contribution in [1.82, 2.24) is 39.9 Å². The van der Waals surface area contributed by atoms with Gasteiger partial charge in [-0.05, 0) is 0 Å². The molecule has 0 radical (unpaired) electrons. The number of rotatable bonds is 3. The van der Waals surface area contributed by atoms with Crippen molar-refractivity contribution in [2.45, 2.75) is 0 Å². The summed E-state index contributed by atoms with van der Waals surface area (Å²) >= 11 is 0. The molecule has 0 spiro atoms. The molecular weight excluding hydrogens is 288 g/mol. The van der Waals surface area contributed by atoms with Crippen LogP contribution in [0.3, 0.4) is 0 Å². The van der Waals surface area contributed by atoms with Crippen LogP contribution in [0.2, 0.25) is 0 Å². The van der Waals surface area contributed by atoms with E-state index in [0.29, 0.717) is 22.3 Å². The zero-order valence-corrected chi connectivity index (χ0v) is 10.8. The maximum absolute atomic E-state index is 12.2. The molecule has 0 aliphatic carbocycles. The number of nitrogens with one attached hydrogen (secondary N) is 2. The molecule has 0 aromatic carbocycles. The van der Waals surface area contributed by atoms with Gasteiger partial charge in [0.05, 0.1) is 12.4 Å². The zero-order chi connectivity index (χ0) is 15.1. The highest BCUT2D eigenvalue weighted by atomic mass is 16.2. The van der Waals surface area contributed by atoms with Crippen LogP contribution in [-0.4, -0.2) is 51.4 Å². The molecule has 4 rings (SSSR count). The molecule has 10 nitrogen and oxygen atoms in total. The van der Waals surface area contributed by atoms with Crippen LogP contribution in [0.4, 0.5) is 0 Å². The van der Waals surface area contributed by atoms with Crippen LogP contribution < -0.4 is 0 Å². The Balaban J connectivity index is 1.73. The molecule has 22 heavy (non-hydrogen) atoms. The number of fused-ring (bicyclic) bond motifs is 2. The first-order valence-corrected chi connectivity index (χ1v) is 6.13. The highest BCUT2D eigenvalue weighted by Gasteiger charge is 2.25. The summed E-state index contributed by atoms with van der Waals surface area (Å²) in [6.07, 6.45) is 5.54. The Bertz CT molecular complexity index is 884. The summed E-state index contributed by atoms with van der Waals surface area (Å²) in [7, 11) is 0. The van der Waals surface area contributed by atoms with Crippen LogP contribution in [0.5, 0.6) is 0 Å². The van der Waals surface area contributed by atoms with E-state index in [0.717, 1.165) is 0 Å². The third kappa shape index (κ3) is 1.82. The minimum absolute atomic E-state index is 0.118. The lowest BCUT2D eigenvalue weighted by Gasteiger charge is -1.92. The monoisotopic (exact) mass is 294 g/mol. The lowest BCUT2D eigenvalue weighted by molar-refractivity contribution is 0.0806. The number of imidazole rings is 2. The zero-order valence-electron chi connectivity index (χ0n) is 10.8. The third-order valence-electron chi connectivity index (χ3n) is 2.96. The van der Waals surface area contributed by atoms with Crippen LogP contribution in [0.15, 0.2) is 25.0 Å². The SMILES string of the molecule is O=C(C(=O)c1nc2ncncc2[nH]1)c1nc2ncncc2[nH]1. The molecule has 2 N–H and O–H groups in total. The molecule has 0 atom stereocenters. The molecule has 4 heterocycles. The number of carbonyl (C=O) groups excluding carboxylic acids is 2. The number of hydrogen-bond donors (Lipinski definition) is 2. The Labute approximate surface area is 121 Å². The number of H-pyrrole nitrogens is 2. The van der Waals surface area contributed by atoms with Gasteiger partial charge < -0.3 is 9.97 Å². The van der Waals surface area contributed by atoms with Crippen molar-refractivity contribution in [3.05, 3.63) is 36.7 Å². The number of hydrogen-bond acceptors (Lipinski definition) is 8. The second-order valence-electron chi connectivity index (χ2n) is 4.35. The first-order chi connectivity index (χ1) is 10.7. The van der Waals surface area contributed by atoms with Gasteiger partial charge in [0.15, 0.2) is 22.9 Å². The van der Waals surface area contributed by atoms with Gasteiger partial charge in [0.25, 0.3) is 11.6 Å².